The number of hydrogen-bond donors (Lipinski definition) is 0. The summed E-state index contributed by atoms with van der Waals surface area (Å²) in [5, 5.41) is 0. The average Bonchev–Trinajstić information content (AvgIpc) is 3.29. The fourth-order valence-corrected chi connectivity index (χ4v) is 3.91. The minimum Gasteiger partial charge on any atom is -0.279 e. The molecule has 156 valence electrons. The number of aryl methyl sites for hydroxylation is 3. The Balaban J connectivity index is 1.96. The van der Waals surface area contributed by atoms with Crippen molar-refractivity contribution in [2.24, 2.45) is 14.1 Å². The van der Waals surface area contributed by atoms with Gasteiger partial charge in [0.1, 0.15) is 5.82 Å². The molecule has 0 spiro atoms. The summed E-state index contributed by atoms with van der Waals surface area (Å²) in [5.41, 5.74) is 4.41. The van der Waals surface area contributed by atoms with Crippen LogP contribution in [0.3, 0.4) is 0 Å². The maximum Gasteiger partial charge on any atom is 0.332 e. The van der Waals surface area contributed by atoms with Crippen molar-refractivity contribution < 1.29 is 4.39 Å². The molecule has 7 nitrogen and oxygen atoms in total. The molecule has 0 aliphatic heterocycles. The van der Waals surface area contributed by atoms with Crippen molar-refractivity contribution in [1.82, 2.24) is 23.1 Å². The number of benzene rings is 2. The first kappa shape index (κ1) is 19.0. The van der Waals surface area contributed by atoms with Crippen molar-refractivity contribution in [3.8, 4) is 16.9 Å². The average molecular weight is 417 g/mol. The van der Waals surface area contributed by atoms with Gasteiger partial charge in [-0.25, -0.2) is 9.18 Å². The second kappa shape index (κ2) is 6.53. The number of imidazole rings is 2. The summed E-state index contributed by atoms with van der Waals surface area (Å²) >= 11 is 0. The van der Waals surface area contributed by atoms with Gasteiger partial charge in [-0.3, -0.25) is 22.9 Å². The van der Waals surface area contributed by atoms with Gasteiger partial charge in [-0.15, -0.1) is 0 Å². The number of fused-ring (bicyclic) bond motifs is 3. The summed E-state index contributed by atoms with van der Waals surface area (Å²) in [5.74, 6) is 0.169. The third-order valence-electron chi connectivity index (χ3n) is 5.85. The van der Waals surface area contributed by atoms with Crippen LogP contribution in [0.4, 0.5) is 4.39 Å². The zero-order valence-corrected chi connectivity index (χ0v) is 17.5. The van der Waals surface area contributed by atoms with Gasteiger partial charge in [0.25, 0.3) is 5.56 Å². The van der Waals surface area contributed by atoms with E-state index in [1.165, 1.54) is 23.7 Å². The highest BCUT2D eigenvalue weighted by molar-refractivity contribution is 5.79. The predicted octanol–water partition coefficient (Wildman–Crippen LogP) is 3.10. The minimum atomic E-state index is -0.435. The van der Waals surface area contributed by atoms with Gasteiger partial charge in [0.05, 0.1) is 5.69 Å². The Labute approximate surface area is 176 Å². The Hall–Kier alpha value is -3.94. The molecule has 0 N–H and O–H groups in total. The first-order valence-electron chi connectivity index (χ1n) is 9.81. The molecule has 0 saturated carbocycles. The smallest absolute Gasteiger partial charge is 0.279 e. The molecule has 2 aromatic carbocycles. The van der Waals surface area contributed by atoms with E-state index in [0.29, 0.717) is 16.9 Å². The van der Waals surface area contributed by atoms with Crippen LogP contribution in [-0.2, 0) is 14.1 Å². The van der Waals surface area contributed by atoms with E-state index in [1.54, 1.807) is 29.8 Å². The molecular weight excluding hydrogens is 397 g/mol. The van der Waals surface area contributed by atoms with Gasteiger partial charge in [0.2, 0.25) is 5.78 Å². The van der Waals surface area contributed by atoms with Crippen LogP contribution in [-0.4, -0.2) is 23.1 Å². The lowest BCUT2D eigenvalue weighted by Crippen LogP contribution is -2.37. The molecule has 0 unspecified atom stereocenters. The maximum absolute atomic E-state index is 13.6. The molecule has 5 aromatic rings. The number of nitrogens with zero attached hydrogens (tertiary/aromatic N) is 5. The number of halogens is 1. The molecule has 3 aromatic heterocycles. The molecule has 31 heavy (non-hydrogen) atoms. The Morgan fingerprint density at radius 3 is 2.29 bits per heavy atom. The van der Waals surface area contributed by atoms with E-state index in [9.17, 15) is 14.0 Å². The molecule has 0 fully saturated rings. The molecule has 0 bridgehead atoms. The number of hydrogen-bond acceptors (Lipinski definition) is 3. The molecule has 5 rings (SSSR count). The fourth-order valence-electron chi connectivity index (χ4n) is 3.91. The van der Waals surface area contributed by atoms with Gasteiger partial charge in [-0.2, -0.15) is 4.98 Å². The van der Waals surface area contributed by atoms with Crippen LogP contribution < -0.4 is 11.2 Å². The molecule has 0 atom stereocenters. The standard InChI is InChI=1S/C23H20FN5O2/c1-13-5-10-17(11-14(13)2)29-18(15-6-8-16(24)9-7-15)12-28-19-20(25-22(28)29)26(3)23(31)27(4)21(19)30/h5-12H,1-4H3. The quantitative estimate of drug-likeness (QED) is 0.443. The summed E-state index contributed by atoms with van der Waals surface area (Å²) in [4.78, 5) is 30.0. The molecule has 3 heterocycles. The van der Waals surface area contributed by atoms with Crippen LogP contribution in [0.5, 0.6) is 0 Å². The highest BCUT2D eigenvalue weighted by Crippen LogP contribution is 2.29. The largest absolute Gasteiger partial charge is 0.332 e. The lowest BCUT2D eigenvalue weighted by molar-refractivity contribution is 0.628. The zero-order valence-electron chi connectivity index (χ0n) is 17.5. The maximum atomic E-state index is 13.6. The van der Waals surface area contributed by atoms with E-state index in [0.717, 1.165) is 32.6 Å². The van der Waals surface area contributed by atoms with E-state index >= 15 is 0 Å². The number of aromatic nitrogens is 5. The topological polar surface area (TPSA) is 66.2 Å². The Morgan fingerprint density at radius 1 is 0.903 bits per heavy atom. The van der Waals surface area contributed by atoms with Crippen LogP contribution in [0.1, 0.15) is 11.1 Å². The summed E-state index contributed by atoms with van der Waals surface area (Å²) < 4.78 is 19.6. The lowest BCUT2D eigenvalue weighted by Gasteiger charge is -2.11. The van der Waals surface area contributed by atoms with Crippen molar-refractivity contribution in [2.45, 2.75) is 13.8 Å². The highest BCUT2D eigenvalue weighted by atomic mass is 19.1. The molecule has 0 amide bonds. The van der Waals surface area contributed by atoms with E-state index < -0.39 is 11.2 Å². The fraction of sp³-hybridized carbons (Fsp3) is 0.174. The van der Waals surface area contributed by atoms with Crippen molar-refractivity contribution >= 4 is 16.9 Å². The van der Waals surface area contributed by atoms with Gasteiger partial charge >= 0.3 is 5.69 Å². The van der Waals surface area contributed by atoms with E-state index in [4.69, 9.17) is 0 Å². The van der Waals surface area contributed by atoms with Crippen molar-refractivity contribution in [1.29, 1.82) is 0 Å². The molecular formula is C23H20FN5O2. The number of rotatable bonds is 2. The van der Waals surface area contributed by atoms with E-state index in [1.807, 2.05) is 36.6 Å². The third kappa shape index (κ3) is 2.68. The zero-order chi connectivity index (χ0) is 22.0. The van der Waals surface area contributed by atoms with Gasteiger partial charge in [0, 0.05) is 31.5 Å². The lowest BCUT2D eigenvalue weighted by atomic mass is 10.1. The van der Waals surface area contributed by atoms with Crippen molar-refractivity contribution in [2.75, 3.05) is 0 Å². The molecule has 0 saturated heterocycles. The second-order valence-corrected chi connectivity index (χ2v) is 7.78. The Kier molecular flexibility index (Phi) is 4.01. The Bertz CT molecular complexity index is 1620. The van der Waals surface area contributed by atoms with Crippen LogP contribution in [0.25, 0.3) is 33.9 Å². The first-order valence-corrected chi connectivity index (χ1v) is 9.81. The van der Waals surface area contributed by atoms with Crippen LogP contribution in [0.2, 0.25) is 0 Å². The Morgan fingerprint density at radius 2 is 1.61 bits per heavy atom. The van der Waals surface area contributed by atoms with E-state index in [2.05, 4.69) is 4.98 Å². The molecule has 0 aliphatic rings. The van der Waals surface area contributed by atoms with Gasteiger partial charge < -0.3 is 0 Å². The van der Waals surface area contributed by atoms with Gasteiger partial charge in [-0.05, 0) is 61.4 Å². The summed E-state index contributed by atoms with van der Waals surface area (Å²) in [6, 6.07) is 12.2. The predicted molar refractivity (Wildman–Crippen MR) is 117 cm³/mol. The summed E-state index contributed by atoms with van der Waals surface area (Å²) in [7, 11) is 3.04. The highest BCUT2D eigenvalue weighted by Gasteiger charge is 2.21. The summed E-state index contributed by atoms with van der Waals surface area (Å²) in [6.45, 7) is 4.06. The third-order valence-corrected chi connectivity index (χ3v) is 5.85. The second-order valence-electron chi connectivity index (χ2n) is 7.78. The monoisotopic (exact) mass is 417 g/mol. The molecule has 8 heteroatoms. The first-order chi connectivity index (χ1) is 14.8. The SMILES string of the molecule is Cc1ccc(-n2c(-c3ccc(F)cc3)cn3c4c(=O)n(C)c(=O)n(C)c4nc23)cc1C. The van der Waals surface area contributed by atoms with Crippen molar-refractivity contribution in [3.63, 3.8) is 0 Å². The van der Waals surface area contributed by atoms with Crippen LogP contribution >= 0.6 is 0 Å². The normalized spacial score (nSPS) is 11.6. The minimum absolute atomic E-state index is 0.311. The molecule has 0 radical (unpaired) electrons. The molecule has 0 aliphatic carbocycles. The van der Waals surface area contributed by atoms with Gasteiger partial charge in [-0.1, -0.05) is 6.07 Å². The van der Waals surface area contributed by atoms with Crippen molar-refractivity contribution in [3.05, 3.63) is 86.4 Å². The van der Waals surface area contributed by atoms with E-state index in [-0.39, 0.29) is 5.82 Å². The van der Waals surface area contributed by atoms with Crippen LogP contribution in [0, 0.1) is 19.7 Å². The van der Waals surface area contributed by atoms with Gasteiger partial charge in [0.15, 0.2) is 11.2 Å². The van der Waals surface area contributed by atoms with Crippen LogP contribution in [0.15, 0.2) is 58.3 Å². The summed E-state index contributed by atoms with van der Waals surface area (Å²) in [6.07, 6.45) is 1.80.